The summed E-state index contributed by atoms with van der Waals surface area (Å²) in [6, 6.07) is 14.2. The van der Waals surface area contributed by atoms with E-state index >= 15 is 0 Å². The van der Waals surface area contributed by atoms with Crippen molar-refractivity contribution in [3.63, 3.8) is 0 Å². The van der Waals surface area contributed by atoms with Crippen LogP contribution in [-0.2, 0) is 13.5 Å². The summed E-state index contributed by atoms with van der Waals surface area (Å²) in [5.74, 6) is 0. The minimum absolute atomic E-state index is 0.525. The molecule has 0 saturated heterocycles. The van der Waals surface area contributed by atoms with Crippen LogP contribution in [0.4, 0.5) is 0 Å². The Labute approximate surface area is 124 Å². The van der Waals surface area contributed by atoms with Crippen molar-refractivity contribution in [1.82, 2.24) is 9.78 Å². The van der Waals surface area contributed by atoms with Crippen LogP contribution in [0.1, 0.15) is 28.5 Å². The Morgan fingerprint density at radius 3 is 2.62 bits per heavy atom. The average molecular weight is 280 g/mol. The van der Waals surface area contributed by atoms with Crippen LogP contribution in [0.25, 0.3) is 10.9 Å². The number of fused-ring (bicyclic) bond motifs is 1. The Kier molecular flexibility index (Phi) is 3.52. The predicted octanol–water partition coefficient (Wildman–Crippen LogP) is 3.47. The van der Waals surface area contributed by atoms with Crippen LogP contribution in [0, 0.1) is 13.8 Å². The van der Waals surface area contributed by atoms with Gasteiger partial charge in [-0.25, -0.2) is 0 Å². The van der Waals surface area contributed by atoms with Gasteiger partial charge in [0.15, 0.2) is 0 Å². The average Bonchev–Trinajstić information content (AvgIpc) is 2.79. The first-order valence-corrected chi connectivity index (χ1v) is 7.22. The van der Waals surface area contributed by atoms with Gasteiger partial charge in [0.1, 0.15) is 0 Å². The lowest BCUT2D eigenvalue weighted by molar-refractivity contribution is 0.177. The highest BCUT2D eigenvalue weighted by atomic mass is 16.3. The summed E-state index contributed by atoms with van der Waals surface area (Å²) in [5, 5.41) is 16.2. The zero-order valence-corrected chi connectivity index (χ0v) is 12.7. The molecule has 2 aromatic carbocycles. The fourth-order valence-electron chi connectivity index (χ4n) is 2.71. The molecule has 21 heavy (non-hydrogen) atoms. The number of para-hydroxylation sites is 1. The van der Waals surface area contributed by atoms with Crippen LogP contribution >= 0.6 is 0 Å². The smallest absolute Gasteiger partial charge is 0.0846 e. The lowest BCUT2D eigenvalue weighted by atomic mass is 9.99. The normalized spacial score (nSPS) is 12.8. The van der Waals surface area contributed by atoms with E-state index in [-0.39, 0.29) is 0 Å². The van der Waals surface area contributed by atoms with Crippen LogP contribution in [-0.4, -0.2) is 14.9 Å². The number of benzene rings is 2. The summed E-state index contributed by atoms with van der Waals surface area (Å²) >= 11 is 0. The van der Waals surface area contributed by atoms with E-state index in [9.17, 15) is 5.11 Å². The Morgan fingerprint density at radius 1 is 1.10 bits per heavy atom. The molecule has 1 atom stereocenters. The lowest BCUT2D eigenvalue weighted by Gasteiger charge is -2.11. The third-order valence-corrected chi connectivity index (χ3v) is 4.14. The van der Waals surface area contributed by atoms with Crippen LogP contribution in [0.2, 0.25) is 0 Å². The minimum atomic E-state index is -0.525. The van der Waals surface area contributed by atoms with Crippen LogP contribution < -0.4 is 0 Å². The lowest BCUT2D eigenvalue weighted by Crippen LogP contribution is -2.04. The summed E-state index contributed by atoms with van der Waals surface area (Å²) in [7, 11) is 1.94. The molecule has 108 valence electrons. The first kappa shape index (κ1) is 13.8. The van der Waals surface area contributed by atoms with E-state index in [0.717, 1.165) is 22.2 Å². The maximum atomic E-state index is 10.5. The molecular formula is C18H20N2O. The second-order valence-electron chi connectivity index (χ2n) is 5.65. The summed E-state index contributed by atoms with van der Waals surface area (Å²) in [4.78, 5) is 0. The molecule has 0 radical (unpaired) electrons. The molecule has 0 spiro atoms. The van der Waals surface area contributed by atoms with E-state index in [4.69, 9.17) is 0 Å². The van der Waals surface area contributed by atoms with Crippen LogP contribution in [0.15, 0.2) is 42.5 Å². The van der Waals surface area contributed by atoms with Crippen molar-refractivity contribution in [3.05, 3.63) is 64.8 Å². The summed E-state index contributed by atoms with van der Waals surface area (Å²) < 4.78 is 1.87. The Balaban J connectivity index is 1.92. The first-order chi connectivity index (χ1) is 10.1. The number of aromatic nitrogens is 2. The third kappa shape index (κ3) is 2.57. The zero-order valence-electron chi connectivity index (χ0n) is 12.7. The van der Waals surface area contributed by atoms with Gasteiger partial charge in [-0.15, -0.1) is 0 Å². The molecule has 3 rings (SSSR count). The van der Waals surface area contributed by atoms with Crippen molar-refractivity contribution in [3.8, 4) is 0 Å². The fraction of sp³-hybridized carbons (Fsp3) is 0.278. The van der Waals surface area contributed by atoms with E-state index in [1.54, 1.807) is 0 Å². The predicted molar refractivity (Wildman–Crippen MR) is 85.3 cm³/mol. The number of hydrogen-bond acceptors (Lipinski definition) is 2. The standard InChI is InChI=1S/C18H20N2O/c1-12-8-9-14(10-13(12)2)18(21)11-16-15-6-4-5-7-17(15)20(3)19-16/h4-10,18,21H,11H2,1-3H3. The molecular weight excluding hydrogens is 260 g/mol. The Hall–Kier alpha value is -2.13. The molecule has 1 unspecified atom stereocenters. The van der Waals surface area contributed by atoms with Crippen molar-refractivity contribution < 1.29 is 5.11 Å². The molecule has 1 N–H and O–H groups in total. The molecule has 3 aromatic rings. The topological polar surface area (TPSA) is 38.1 Å². The van der Waals surface area contributed by atoms with E-state index in [0.29, 0.717) is 6.42 Å². The number of aliphatic hydroxyl groups is 1. The van der Waals surface area contributed by atoms with Gasteiger partial charge in [-0.3, -0.25) is 4.68 Å². The highest BCUT2D eigenvalue weighted by molar-refractivity contribution is 5.81. The highest BCUT2D eigenvalue weighted by Gasteiger charge is 2.14. The maximum absolute atomic E-state index is 10.5. The van der Waals surface area contributed by atoms with Gasteiger partial charge in [-0.1, -0.05) is 36.4 Å². The molecule has 0 aliphatic carbocycles. The molecule has 0 bridgehead atoms. The summed E-state index contributed by atoms with van der Waals surface area (Å²) in [6.07, 6.45) is 0.00624. The van der Waals surface area contributed by atoms with Gasteiger partial charge in [0.25, 0.3) is 0 Å². The van der Waals surface area contributed by atoms with Crippen LogP contribution in [0.5, 0.6) is 0 Å². The Bertz CT molecular complexity index is 789. The van der Waals surface area contributed by atoms with Gasteiger partial charge >= 0.3 is 0 Å². The highest BCUT2D eigenvalue weighted by Crippen LogP contribution is 2.24. The van der Waals surface area contributed by atoms with Gasteiger partial charge < -0.3 is 5.11 Å². The molecule has 0 saturated carbocycles. The molecule has 0 aliphatic rings. The third-order valence-electron chi connectivity index (χ3n) is 4.14. The van der Waals surface area contributed by atoms with Crippen LogP contribution in [0.3, 0.4) is 0 Å². The second-order valence-corrected chi connectivity index (χ2v) is 5.65. The largest absolute Gasteiger partial charge is 0.388 e. The molecule has 0 amide bonds. The zero-order chi connectivity index (χ0) is 15.0. The molecule has 1 aromatic heterocycles. The summed E-state index contributed by atoms with van der Waals surface area (Å²) in [6.45, 7) is 4.15. The SMILES string of the molecule is Cc1ccc(C(O)Cc2nn(C)c3ccccc23)cc1C. The molecule has 3 heteroatoms. The summed E-state index contributed by atoms with van der Waals surface area (Å²) in [5.41, 5.74) is 5.44. The monoisotopic (exact) mass is 280 g/mol. The number of aryl methyl sites for hydroxylation is 3. The number of aliphatic hydroxyl groups excluding tert-OH is 1. The number of rotatable bonds is 3. The number of hydrogen-bond donors (Lipinski definition) is 1. The van der Waals surface area contributed by atoms with Crippen molar-refractivity contribution in [1.29, 1.82) is 0 Å². The minimum Gasteiger partial charge on any atom is -0.388 e. The maximum Gasteiger partial charge on any atom is 0.0846 e. The fourth-order valence-corrected chi connectivity index (χ4v) is 2.71. The van der Waals surface area contributed by atoms with E-state index in [1.807, 2.05) is 36.0 Å². The van der Waals surface area contributed by atoms with Gasteiger partial charge in [0.2, 0.25) is 0 Å². The van der Waals surface area contributed by atoms with Gasteiger partial charge in [-0.05, 0) is 36.6 Å². The second kappa shape index (κ2) is 5.34. The number of nitrogens with zero attached hydrogens (tertiary/aromatic N) is 2. The van der Waals surface area contributed by atoms with E-state index in [2.05, 4.69) is 37.1 Å². The first-order valence-electron chi connectivity index (χ1n) is 7.22. The van der Waals surface area contributed by atoms with E-state index < -0.39 is 6.10 Å². The van der Waals surface area contributed by atoms with Crippen molar-refractivity contribution >= 4 is 10.9 Å². The molecule has 3 nitrogen and oxygen atoms in total. The van der Waals surface area contributed by atoms with Crippen molar-refractivity contribution in [2.75, 3.05) is 0 Å². The van der Waals surface area contributed by atoms with Gasteiger partial charge in [-0.2, -0.15) is 5.10 Å². The van der Waals surface area contributed by atoms with Crippen molar-refractivity contribution in [2.24, 2.45) is 7.05 Å². The molecule has 1 heterocycles. The van der Waals surface area contributed by atoms with Crippen molar-refractivity contribution in [2.45, 2.75) is 26.4 Å². The Morgan fingerprint density at radius 2 is 1.86 bits per heavy atom. The van der Waals surface area contributed by atoms with Gasteiger partial charge in [0.05, 0.1) is 17.3 Å². The van der Waals surface area contributed by atoms with Gasteiger partial charge in [0, 0.05) is 18.9 Å². The molecule has 0 fully saturated rings. The molecule has 0 aliphatic heterocycles. The quantitative estimate of drug-likeness (QED) is 0.797. The van der Waals surface area contributed by atoms with E-state index in [1.165, 1.54) is 11.1 Å².